The second-order valence-electron chi connectivity index (χ2n) is 4.03. The number of carbonyl (C=O) groups excluding carboxylic acids is 1. The molecule has 0 bridgehead atoms. The lowest BCUT2D eigenvalue weighted by atomic mass is 9.91. The molecular weight excluding hydrogens is 164 g/mol. The lowest BCUT2D eigenvalue weighted by Gasteiger charge is -2.42. The number of rotatable bonds is 2. The van der Waals surface area contributed by atoms with Crippen LogP contribution in [0.25, 0.3) is 0 Å². The van der Waals surface area contributed by atoms with Gasteiger partial charge in [-0.05, 0) is 19.8 Å². The van der Waals surface area contributed by atoms with Crippen LogP contribution in [0, 0.1) is 0 Å². The Bertz CT molecular complexity index is 201. The van der Waals surface area contributed by atoms with Gasteiger partial charge >= 0.3 is 0 Å². The van der Waals surface area contributed by atoms with Crippen molar-refractivity contribution in [2.75, 3.05) is 26.2 Å². The van der Waals surface area contributed by atoms with Crippen LogP contribution in [0.4, 0.5) is 0 Å². The molecule has 1 amide bonds. The van der Waals surface area contributed by atoms with E-state index in [1.165, 1.54) is 19.3 Å². The lowest BCUT2D eigenvalue weighted by Crippen LogP contribution is -2.54. The molecule has 1 aliphatic carbocycles. The van der Waals surface area contributed by atoms with Gasteiger partial charge in [0.25, 0.3) is 0 Å². The van der Waals surface area contributed by atoms with Crippen molar-refractivity contribution in [1.82, 2.24) is 9.80 Å². The van der Waals surface area contributed by atoms with E-state index in [4.69, 9.17) is 0 Å². The van der Waals surface area contributed by atoms with Gasteiger partial charge in [-0.3, -0.25) is 9.69 Å². The molecule has 0 aromatic carbocycles. The third-order valence-electron chi connectivity index (χ3n) is 3.32. The Morgan fingerprint density at radius 3 is 2.62 bits per heavy atom. The molecule has 3 nitrogen and oxygen atoms in total. The molecule has 0 aromatic heterocycles. The maximum Gasteiger partial charge on any atom is 0.236 e. The van der Waals surface area contributed by atoms with Gasteiger partial charge in [0.05, 0.1) is 6.54 Å². The first-order chi connectivity index (χ1) is 6.31. The number of likely N-dealkylation sites (N-methyl/N-ethyl adjacent to an activating group) is 1. The Morgan fingerprint density at radius 2 is 2.15 bits per heavy atom. The molecule has 0 spiro atoms. The summed E-state index contributed by atoms with van der Waals surface area (Å²) in [6.07, 6.45) is 3.96. The van der Waals surface area contributed by atoms with Gasteiger partial charge in [0.15, 0.2) is 0 Å². The summed E-state index contributed by atoms with van der Waals surface area (Å²) >= 11 is 0. The van der Waals surface area contributed by atoms with Gasteiger partial charge in [0.1, 0.15) is 0 Å². The molecule has 0 atom stereocenters. The summed E-state index contributed by atoms with van der Waals surface area (Å²) in [6.45, 7) is 5.61. The van der Waals surface area contributed by atoms with Gasteiger partial charge in [0, 0.05) is 25.7 Å². The molecule has 3 heteroatoms. The summed E-state index contributed by atoms with van der Waals surface area (Å²) in [5.41, 5.74) is 0. The van der Waals surface area contributed by atoms with Gasteiger partial charge in [-0.15, -0.1) is 0 Å². The second-order valence-corrected chi connectivity index (χ2v) is 4.03. The minimum absolute atomic E-state index is 0.320. The van der Waals surface area contributed by atoms with Crippen LogP contribution in [0.1, 0.15) is 26.2 Å². The van der Waals surface area contributed by atoms with E-state index < -0.39 is 0 Å². The average Bonchev–Trinajstić information content (AvgIpc) is 2.01. The third-order valence-corrected chi connectivity index (χ3v) is 3.32. The molecule has 74 valence electrons. The molecule has 0 unspecified atom stereocenters. The van der Waals surface area contributed by atoms with E-state index in [9.17, 15) is 4.79 Å². The molecule has 1 saturated carbocycles. The quantitative estimate of drug-likeness (QED) is 0.627. The standard InChI is InChI=1S/C10H18N2O/c1-2-11-6-7-12(8-10(11)13)9-4-3-5-9/h9H,2-8H2,1H3. The average molecular weight is 182 g/mol. The summed E-state index contributed by atoms with van der Waals surface area (Å²) in [5, 5.41) is 0. The highest BCUT2D eigenvalue weighted by atomic mass is 16.2. The maximum atomic E-state index is 11.6. The van der Waals surface area contributed by atoms with Gasteiger partial charge in [-0.25, -0.2) is 0 Å². The highest BCUT2D eigenvalue weighted by Crippen LogP contribution is 2.25. The van der Waals surface area contributed by atoms with Gasteiger partial charge in [0.2, 0.25) is 5.91 Å². The van der Waals surface area contributed by atoms with Crippen LogP contribution >= 0.6 is 0 Å². The molecule has 1 saturated heterocycles. The normalized spacial score (nSPS) is 26.2. The fourth-order valence-electron chi connectivity index (χ4n) is 2.12. The minimum Gasteiger partial charge on any atom is -0.341 e. The smallest absolute Gasteiger partial charge is 0.236 e. The first-order valence-corrected chi connectivity index (χ1v) is 5.33. The Morgan fingerprint density at radius 1 is 1.38 bits per heavy atom. The topological polar surface area (TPSA) is 23.6 Å². The van der Waals surface area contributed by atoms with Crippen molar-refractivity contribution in [3.63, 3.8) is 0 Å². The molecule has 0 radical (unpaired) electrons. The maximum absolute atomic E-state index is 11.6. The summed E-state index contributed by atoms with van der Waals surface area (Å²) in [5.74, 6) is 0.320. The molecule has 1 heterocycles. The lowest BCUT2D eigenvalue weighted by molar-refractivity contribution is -0.137. The van der Waals surface area contributed by atoms with Gasteiger partial charge < -0.3 is 4.90 Å². The van der Waals surface area contributed by atoms with Crippen LogP contribution in [0.15, 0.2) is 0 Å². The van der Waals surface area contributed by atoms with E-state index in [1.54, 1.807) is 0 Å². The van der Waals surface area contributed by atoms with E-state index >= 15 is 0 Å². The zero-order valence-corrected chi connectivity index (χ0v) is 8.33. The van der Waals surface area contributed by atoms with Crippen molar-refractivity contribution in [3.05, 3.63) is 0 Å². The SMILES string of the molecule is CCN1CCN(C2CCC2)CC1=O. The Labute approximate surface area is 79.7 Å². The monoisotopic (exact) mass is 182 g/mol. The van der Waals surface area contributed by atoms with Gasteiger partial charge in [-0.2, -0.15) is 0 Å². The van der Waals surface area contributed by atoms with Crippen LogP contribution < -0.4 is 0 Å². The highest BCUT2D eigenvalue weighted by Gasteiger charge is 2.30. The van der Waals surface area contributed by atoms with Crippen molar-refractivity contribution in [2.24, 2.45) is 0 Å². The highest BCUT2D eigenvalue weighted by molar-refractivity contribution is 5.79. The van der Waals surface area contributed by atoms with Crippen molar-refractivity contribution < 1.29 is 4.79 Å². The molecule has 1 aliphatic heterocycles. The Balaban J connectivity index is 1.87. The molecule has 2 rings (SSSR count). The largest absolute Gasteiger partial charge is 0.341 e. The molecule has 0 N–H and O–H groups in total. The van der Waals surface area contributed by atoms with E-state index in [2.05, 4.69) is 11.8 Å². The number of piperazine rings is 1. The predicted octanol–water partition coefficient (Wildman–Crippen LogP) is 0.703. The molecule has 0 aromatic rings. The molecule has 2 aliphatic rings. The number of nitrogens with zero attached hydrogens (tertiary/aromatic N) is 2. The van der Waals surface area contributed by atoms with Crippen molar-refractivity contribution in [2.45, 2.75) is 32.2 Å². The van der Waals surface area contributed by atoms with E-state index in [0.29, 0.717) is 12.5 Å². The molecular formula is C10H18N2O. The number of hydrogen-bond acceptors (Lipinski definition) is 2. The van der Waals surface area contributed by atoms with Crippen LogP contribution in [-0.4, -0.2) is 47.9 Å². The number of amides is 1. The fraction of sp³-hybridized carbons (Fsp3) is 0.900. The van der Waals surface area contributed by atoms with Crippen molar-refractivity contribution >= 4 is 5.91 Å². The number of carbonyl (C=O) groups is 1. The first-order valence-electron chi connectivity index (χ1n) is 5.33. The Kier molecular flexibility index (Phi) is 2.54. The van der Waals surface area contributed by atoms with E-state index in [1.807, 2.05) is 4.90 Å². The van der Waals surface area contributed by atoms with E-state index in [0.717, 1.165) is 25.7 Å². The zero-order chi connectivity index (χ0) is 9.26. The first kappa shape index (κ1) is 9.00. The van der Waals surface area contributed by atoms with Crippen LogP contribution in [0.2, 0.25) is 0 Å². The van der Waals surface area contributed by atoms with Crippen molar-refractivity contribution in [1.29, 1.82) is 0 Å². The molecule has 2 fully saturated rings. The second kappa shape index (κ2) is 3.66. The summed E-state index contributed by atoms with van der Waals surface area (Å²) in [4.78, 5) is 15.9. The fourth-order valence-corrected chi connectivity index (χ4v) is 2.12. The minimum atomic E-state index is 0.320. The molecule has 13 heavy (non-hydrogen) atoms. The van der Waals surface area contributed by atoms with Gasteiger partial charge in [-0.1, -0.05) is 6.42 Å². The van der Waals surface area contributed by atoms with Crippen molar-refractivity contribution in [3.8, 4) is 0 Å². The van der Waals surface area contributed by atoms with Crippen LogP contribution in [-0.2, 0) is 4.79 Å². The van der Waals surface area contributed by atoms with Crippen LogP contribution in [0.5, 0.6) is 0 Å². The van der Waals surface area contributed by atoms with Crippen LogP contribution in [0.3, 0.4) is 0 Å². The number of hydrogen-bond donors (Lipinski definition) is 0. The Hall–Kier alpha value is -0.570. The third kappa shape index (κ3) is 1.70. The zero-order valence-electron chi connectivity index (χ0n) is 8.33. The summed E-state index contributed by atoms with van der Waals surface area (Å²) in [6, 6.07) is 0.725. The summed E-state index contributed by atoms with van der Waals surface area (Å²) in [7, 11) is 0. The summed E-state index contributed by atoms with van der Waals surface area (Å²) < 4.78 is 0. The predicted molar refractivity (Wildman–Crippen MR) is 51.5 cm³/mol. The van der Waals surface area contributed by atoms with E-state index in [-0.39, 0.29) is 0 Å².